The molecule has 7 nitrogen and oxygen atoms in total. The van der Waals surface area contributed by atoms with Gasteiger partial charge in [-0.05, 0) is 56.0 Å². The van der Waals surface area contributed by atoms with Gasteiger partial charge in [0.2, 0.25) is 0 Å². The number of aromatic nitrogens is 2. The molecule has 0 spiro atoms. The molecule has 3 aromatic rings. The third-order valence-corrected chi connectivity index (χ3v) is 6.38. The van der Waals surface area contributed by atoms with E-state index in [1.54, 1.807) is 10.7 Å². The molecule has 5 rings (SSSR count). The summed E-state index contributed by atoms with van der Waals surface area (Å²) in [6.07, 6.45) is 5.80. The molecule has 168 valence electrons. The van der Waals surface area contributed by atoms with E-state index in [1.165, 1.54) is 18.3 Å². The normalized spacial score (nSPS) is 20.2. The lowest BCUT2D eigenvalue weighted by molar-refractivity contribution is 0.0468. The average molecular weight is 441 g/mol. The van der Waals surface area contributed by atoms with E-state index >= 15 is 0 Å². The number of fused-ring (bicyclic) bond motifs is 1. The number of piperidine rings is 1. The van der Waals surface area contributed by atoms with E-state index in [-0.39, 0.29) is 18.1 Å². The van der Waals surface area contributed by atoms with Gasteiger partial charge in [0.1, 0.15) is 11.6 Å². The predicted molar refractivity (Wildman–Crippen MR) is 115 cm³/mol. The molecule has 9 heteroatoms. The Kier molecular flexibility index (Phi) is 5.52. The number of hydrogen-bond acceptors (Lipinski definition) is 5. The number of anilines is 1. The average Bonchev–Trinajstić information content (AvgIpc) is 3.43. The molecule has 2 fully saturated rings. The fraction of sp³-hybridized carbons (Fsp3) is 0.391. The standard InChI is InChI=1S/C23H25F2N5O2/c24-15-3-4-20(25)18(12-15)21-2-1-8-29(21)16-5-11-30-22(13-16)19(14-26-30)23(32)27-28-9-6-17(31)7-10-28/h3-5,11-14,17,21,31H,1-2,6-10H2,(H,27,32). The van der Waals surface area contributed by atoms with Crippen molar-refractivity contribution in [2.45, 2.75) is 37.8 Å². The van der Waals surface area contributed by atoms with Crippen LogP contribution in [0.4, 0.5) is 14.5 Å². The first-order valence-corrected chi connectivity index (χ1v) is 10.9. The van der Waals surface area contributed by atoms with E-state index in [9.17, 15) is 18.7 Å². The first-order valence-electron chi connectivity index (χ1n) is 10.9. The van der Waals surface area contributed by atoms with Gasteiger partial charge in [-0.25, -0.2) is 18.3 Å². The van der Waals surface area contributed by atoms with Crippen molar-refractivity contribution >= 4 is 17.1 Å². The minimum Gasteiger partial charge on any atom is -0.393 e. The van der Waals surface area contributed by atoms with Gasteiger partial charge in [-0.3, -0.25) is 10.2 Å². The van der Waals surface area contributed by atoms with Crippen LogP contribution in [0.15, 0.2) is 42.7 Å². The molecule has 0 radical (unpaired) electrons. The zero-order chi connectivity index (χ0) is 22.2. The van der Waals surface area contributed by atoms with Crippen LogP contribution in [-0.2, 0) is 0 Å². The highest BCUT2D eigenvalue weighted by Crippen LogP contribution is 2.38. The SMILES string of the molecule is O=C(NN1CCC(O)CC1)c1cnn2ccc(N3CCCC3c3cc(F)ccc3F)cc12. The molecule has 32 heavy (non-hydrogen) atoms. The van der Waals surface area contributed by atoms with Crippen LogP contribution in [0.1, 0.15) is 47.6 Å². The Morgan fingerprint density at radius 2 is 1.91 bits per heavy atom. The number of amides is 1. The number of carbonyl (C=O) groups is 1. The third-order valence-electron chi connectivity index (χ3n) is 6.38. The van der Waals surface area contributed by atoms with Gasteiger partial charge < -0.3 is 10.0 Å². The van der Waals surface area contributed by atoms with E-state index in [1.807, 2.05) is 17.1 Å². The fourth-order valence-corrected chi connectivity index (χ4v) is 4.67. The van der Waals surface area contributed by atoms with Gasteiger partial charge in [0.05, 0.1) is 29.4 Å². The number of pyridine rings is 1. The lowest BCUT2D eigenvalue weighted by Gasteiger charge is -2.29. The summed E-state index contributed by atoms with van der Waals surface area (Å²) in [6, 6.07) is 7.05. The molecule has 2 aliphatic heterocycles. The van der Waals surface area contributed by atoms with E-state index in [0.717, 1.165) is 24.6 Å². The van der Waals surface area contributed by atoms with Gasteiger partial charge in [-0.2, -0.15) is 5.10 Å². The number of halogens is 2. The van der Waals surface area contributed by atoms with Crippen molar-refractivity contribution in [1.82, 2.24) is 20.0 Å². The maximum Gasteiger partial charge on any atom is 0.269 e. The Morgan fingerprint density at radius 1 is 1.09 bits per heavy atom. The van der Waals surface area contributed by atoms with E-state index in [4.69, 9.17) is 0 Å². The molecule has 0 bridgehead atoms. The highest BCUT2D eigenvalue weighted by molar-refractivity contribution is 6.00. The predicted octanol–water partition coefficient (Wildman–Crippen LogP) is 3.06. The van der Waals surface area contributed by atoms with Crippen LogP contribution in [0.25, 0.3) is 5.52 Å². The second-order valence-electron chi connectivity index (χ2n) is 8.45. The van der Waals surface area contributed by atoms with Crippen LogP contribution in [-0.4, -0.2) is 51.4 Å². The van der Waals surface area contributed by atoms with Crippen molar-refractivity contribution in [3.8, 4) is 0 Å². The van der Waals surface area contributed by atoms with Gasteiger partial charge in [0.25, 0.3) is 5.91 Å². The number of nitrogens with one attached hydrogen (secondary N) is 1. The summed E-state index contributed by atoms with van der Waals surface area (Å²) in [7, 11) is 0. The lowest BCUT2D eigenvalue weighted by Crippen LogP contribution is -2.47. The Hall–Kier alpha value is -3.04. The molecule has 2 N–H and O–H groups in total. The molecule has 0 aliphatic carbocycles. The summed E-state index contributed by atoms with van der Waals surface area (Å²) >= 11 is 0. The topological polar surface area (TPSA) is 73.1 Å². The molecule has 1 amide bonds. The van der Waals surface area contributed by atoms with Gasteiger partial charge in [-0.15, -0.1) is 0 Å². The zero-order valence-corrected chi connectivity index (χ0v) is 17.5. The second-order valence-corrected chi connectivity index (χ2v) is 8.45. The first-order chi connectivity index (χ1) is 15.5. The van der Waals surface area contributed by atoms with Crippen LogP contribution in [0.2, 0.25) is 0 Å². The van der Waals surface area contributed by atoms with Crippen molar-refractivity contribution in [2.24, 2.45) is 0 Å². The highest BCUT2D eigenvalue weighted by Gasteiger charge is 2.29. The number of hydrazine groups is 1. The van der Waals surface area contributed by atoms with Crippen molar-refractivity contribution in [3.05, 3.63) is 65.5 Å². The van der Waals surface area contributed by atoms with Crippen LogP contribution in [0, 0.1) is 11.6 Å². The van der Waals surface area contributed by atoms with Crippen molar-refractivity contribution in [2.75, 3.05) is 24.5 Å². The number of carbonyl (C=O) groups excluding carboxylic acids is 1. The summed E-state index contributed by atoms with van der Waals surface area (Å²) < 4.78 is 29.9. The number of rotatable bonds is 4. The second kappa shape index (κ2) is 8.48. The van der Waals surface area contributed by atoms with Crippen LogP contribution in [0.5, 0.6) is 0 Å². The fourth-order valence-electron chi connectivity index (χ4n) is 4.67. The van der Waals surface area contributed by atoms with Crippen LogP contribution >= 0.6 is 0 Å². The Balaban J connectivity index is 1.42. The first kappa shape index (κ1) is 20.8. The van der Waals surface area contributed by atoms with Gasteiger partial charge in [-0.1, -0.05) is 0 Å². The smallest absolute Gasteiger partial charge is 0.269 e. The molecule has 1 atom stereocenters. The summed E-state index contributed by atoms with van der Waals surface area (Å²) in [5.41, 5.74) is 5.15. The zero-order valence-electron chi connectivity index (χ0n) is 17.5. The molecular formula is C23H25F2N5O2. The van der Waals surface area contributed by atoms with Crippen molar-refractivity contribution in [1.29, 1.82) is 0 Å². The molecule has 2 aromatic heterocycles. The van der Waals surface area contributed by atoms with Crippen LogP contribution in [0.3, 0.4) is 0 Å². The molecule has 2 saturated heterocycles. The number of aliphatic hydroxyl groups is 1. The minimum atomic E-state index is -0.455. The molecule has 2 aliphatic rings. The summed E-state index contributed by atoms with van der Waals surface area (Å²) in [6.45, 7) is 1.89. The summed E-state index contributed by atoms with van der Waals surface area (Å²) in [5, 5.41) is 15.8. The van der Waals surface area contributed by atoms with E-state index in [2.05, 4.69) is 15.4 Å². The molecule has 0 saturated carbocycles. The number of hydrogen-bond donors (Lipinski definition) is 2. The largest absolute Gasteiger partial charge is 0.393 e. The van der Waals surface area contributed by atoms with Gasteiger partial charge >= 0.3 is 0 Å². The maximum absolute atomic E-state index is 14.5. The Bertz CT molecular complexity index is 1140. The molecule has 1 unspecified atom stereocenters. The number of aliphatic hydroxyl groups excluding tert-OH is 1. The van der Waals surface area contributed by atoms with Crippen molar-refractivity contribution in [3.63, 3.8) is 0 Å². The van der Waals surface area contributed by atoms with Gasteiger partial charge in [0.15, 0.2) is 0 Å². The Morgan fingerprint density at radius 3 is 2.72 bits per heavy atom. The molecule has 4 heterocycles. The molecular weight excluding hydrogens is 416 g/mol. The Labute approximate surface area is 184 Å². The molecule has 1 aromatic carbocycles. The maximum atomic E-state index is 14.5. The summed E-state index contributed by atoms with van der Waals surface area (Å²) in [5.74, 6) is -1.13. The van der Waals surface area contributed by atoms with Crippen molar-refractivity contribution < 1.29 is 18.7 Å². The van der Waals surface area contributed by atoms with E-state index in [0.29, 0.717) is 49.1 Å². The summed E-state index contributed by atoms with van der Waals surface area (Å²) in [4.78, 5) is 15.0. The number of nitrogens with zero attached hydrogens (tertiary/aromatic N) is 4. The van der Waals surface area contributed by atoms with Crippen LogP contribution < -0.4 is 10.3 Å². The third kappa shape index (κ3) is 3.93. The van der Waals surface area contributed by atoms with Gasteiger partial charge in [0, 0.05) is 37.1 Å². The lowest BCUT2D eigenvalue weighted by atomic mass is 10.0. The number of benzene rings is 1. The minimum absolute atomic E-state index is 0.261. The van der Waals surface area contributed by atoms with E-state index < -0.39 is 11.6 Å². The quantitative estimate of drug-likeness (QED) is 0.651. The highest BCUT2D eigenvalue weighted by atomic mass is 19.1. The monoisotopic (exact) mass is 441 g/mol.